The second-order valence-corrected chi connectivity index (χ2v) is 7.13. The van der Waals surface area contributed by atoms with E-state index < -0.39 is 10.5 Å². The lowest BCUT2D eigenvalue weighted by Crippen LogP contribution is -2.49. The monoisotopic (exact) mass is 384 g/mol. The van der Waals surface area contributed by atoms with Crippen molar-refractivity contribution in [1.82, 2.24) is 5.32 Å². The molecule has 0 radical (unpaired) electrons. The predicted octanol–water partition coefficient (Wildman–Crippen LogP) is 3.16. The number of halogens is 1. The Morgan fingerprint density at radius 3 is 2.48 bits per heavy atom. The van der Waals surface area contributed by atoms with Crippen molar-refractivity contribution in [2.24, 2.45) is 4.99 Å². The van der Waals surface area contributed by atoms with Crippen molar-refractivity contribution in [2.75, 3.05) is 18.4 Å². The summed E-state index contributed by atoms with van der Waals surface area (Å²) >= 11 is 6.20. The van der Waals surface area contributed by atoms with Crippen LogP contribution in [0.25, 0.3) is 0 Å². The number of anilines is 1. The Balaban J connectivity index is 1.90. The standard InChI is InChI=1S/C19H17ClN4O3/c20-13-3-6-16-15(11-13)17(12-1-4-14(5-2-12)24(26)27)23-19(18(25)22-16)7-9-21-10-8-19/h1-6,11,21H,7-10H2,(H,22,25). The minimum Gasteiger partial charge on any atom is -0.323 e. The summed E-state index contributed by atoms with van der Waals surface area (Å²) in [4.78, 5) is 28.4. The highest BCUT2D eigenvalue weighted by Gasteiger charge is 2.42. The lowest BCUT2D eigenvalue weighted by molar-refractivity contribution is -0.384. The summed E-state index contributed by atoms with van der Waals surface area (Å²) in [6.07, 6.45) is 1.16. The Kier molecular flexibility index (Phi) is 4.41. The maximum Gasteiger partial charge on any atom is 0.269 e. The topological polar surface area (TPSA) is 96.6 Å². The first-order chi connectivity index (χ1) is 13.0. The van der Waals surface area contributed by atoms with Gasteiger partial charge < -0.3 is 10.6 Å². The van der Waals surface area contributed by atoms with Crippen LogP contribution < -0.4 is 10.6 Å². The molecule has 1 amide bonds. The third-order valence-corrected chi connectivity index (χ3v) is 5.25. The molecular formula is C19H17ClN4O3. The maximum atomic E-state index is 13.0. The zero-order chi connectivity index (χ0) is 19.0. The fraction of sp³-hybridized carbons (Fsp3) is 0.263. The molecule has 0 atom stereocenters. The number of fused-ring (bicyclic) bond motifs is 1. The van der Waals surface area contributed by atoms with E-state index in [1.807, 2.05) is 0 Å². The number of amides is 1. The van der Waals surface area contributed by atoms with Crippen molar-refractivity contribution in [2.45, 2.75) is 18.4 Å². The number of rotatable bonds is 2. The molecule has 2 aliphatic rings. The van der Waals surface area contributed by atoms with Gasteiger partial charge in [-0.3, -0.25) is 19.9 Å². The number of nitrogens with one attached hydrogen (secondary N) is 2. The largest absolute Gasteiger partial charge is 0.323 e. The van der Waals surface area contributed by atoms with Gasteiger partial charge in [0.2, 0.25) is 0 Å². The number of benzene rings is 2. The molecule has 1 fully saturated rings. The molecule has 0 saturated carbocycles. The van der Waals surface area contributed by atoms with Gasteiger partial charge in [0.05, 0.1) is 16.3 Å². The van der Waals surface area contributed by atoms with E-state index in [1.54, 1.807) is 30.3 Å². The van der Waals surface area contributed by atoms with Crippen molar-refractivity contribution in [3.8, 4) is 0 Å². The van der Waals surface area contributed by atoms with Crippen molar-refractivity contribution < 1.29 is 9.72 Å². The Labute approximate surface area is 160 Å². The maximum absolute atomic E-state index is 13.0. The molecule has 8 heteroatoms. The predicted molar refractivity (Wildman–Crippen MR) is 104 cm³/mol. The Bertz CT molecular complexity index is 950. The van der Waals surface area contributed by atoms with Crippen molar-refractivity contribution >= 4 is 34.6 Å². The molecule has 1 saturated heterocycles. The summed E-state index contributed by atoms with van der Waals surface area (Å²) in [5, 5.41) is 17.7. The lowest BCUT2D eigenvalue weighted by atomic mass is 9.87. The number of nitro groups is 1. The molecule has 2 heterocycles. The first-order valence-corrected chi connectivity index (χ1v) is 9.03. The number of carbonyl (C=O) groups excluding carboxylic acids is 1. The number of hydrogen-bond acceptors (Lipinski definition) is 5. The summed E-state index contributed by atoms with van der Waals surface area (Å²) in [6.45, 7) is 1.39. The van der Waals surface area contributed by atoms with E-state index in [4.69, 9.17) is 16.6 Å². The zero-order valence-electron chi connectivity index (χ0n) is 14.4. The molecule has 138 valence electrons. The van der Waals surface area contributed by atoms with Gasteiger partial charge in [0.15, 0.2) is 0 Å². The van der Waals surface area contributed by atoms with Crippen LogP contribution in [-0.4, -0.2) is 35.2 Å². The number of nitrogens with zero attached hydrogens (tertiary/aromatic N) is 2. The highest BCUT2D eigenvalue weighted by molar-refractivity contribution is 6.32. The number of hydrogen-bond donors (Lipinski definition) is 2. The average molecular weight is 385 g/mol. The lowest BCUT2D eigenvalue weighted by Gasteiger charge is -2.32. The van der Waals surface area contributed by atoms with Gasteiger partial charge in [-0.05, 0) is 56.3 Å². The molecule has 2 aliphatic heterocycles. The van der Waals surface area contributed by atoms with Gasteiger partial charge in [0.1, 0.15) is 5.54 Å². The second kappa shape index (κ2) is 6.75. The highest BCUT2D eigenvalue weighted by atomic mass is 35.5. The van der Waals surface area contributed by atoms with Gasteiger partial charge in [0, 0.05) is 28.3 Å². The Morgan fingerprint density at radius 2 is 1.81 bits per heavy atom. The quantitative estimate of drug-likeness (QED) is 0.614. The van der Waals surface area contributed by atoms with Crippen LogP contribution in [0.1, 0.15) is 24.0 Å². The molecule has 0 aliphatic carbocycles. The Morgan fingerprint density at radius 1 is 1.11 bits per heavy atom. The normalized spacial score (nSPS) is 18.3. The van der Waals surface area contributed by atoms with Crippen LogP contribution in [0, 0.1) is 10.1 Å². The molecule has 2 N–H and O–H groups in total. The number of carbonyl (C=O) groups is 1. The number of non-ortho nitro benzene ring substituents is 1. The van der Waals surface area contributed by atoms with E-state index in [0.717, 1.165) is 0 Å². The second-order valence-electron chi connectivity index (χ2n) is 6.69. The van der Waals surface area contributed by atoms with Crippen molar-refractivity contribution in [3.63, 3.8) is 0 Å². The molecule has 0 aromatic heterocycles. The van der Waals surface area contributed by atoms with Crippen LogP contribution in [0.2, 0.25) is 5.02 Å². The van der Waals surface area contributed by atoms with Crippen LogP contribution in [0.5, 0.6) is 0 Å². The summed E-state index contributed by atoms with van der Waals surface area (Å²) in [5.74, 6) is -0.135. The molecule has 27 heavy (non-hydrogen) atoms. The summed E-state index contributed by atoms with van der Waals surface area (Å²) < 4.78 is 0. The number of aliphatic imine (C=N–C) groups is 1. The fourth-order valence-electron chi connectivity index (χ4n) is 3.53. The Hall–Kier alpha value is -2.77. The number of nitro benzene ring substituents is 1. The molecule has 7 nitrogen and oxygen atoms in total. The molecule has 0 bridgehead atoms. The van der Waals surface area contributed by atoms with Crippen LogP contribution in [-0.2, 0) is 4.79 Å². The first-order valence-electron chi connectivity index (χ1n) is 8.65. The van der Waals surface area contributed by atoms with Gasteiger partial charge in [-0.1, -0.05) is 11.6 Å². The minimum absolute atomic E-state index is 0.00469. The molecule has 4 rings (SSSR count). The molecule has 2 aromatic rings. The fourth-order valence-corrected chi connectivity index (χ4v) is 3.70. The van der Waals surface area contributed by atoms with Gasteiger partial charge in [-0.25, -0.2) is 0 Å². The van der Waals surface area contributed by atoms with E-state index in [-0.39, 0.29) is 11.6 Å². The van der Waals surface area contributed by atoms with Crippen molar-refractivity contribution in [3.05, 3.63) is 68.7 Å². The van der Waals surface area contributed by atoms with Crippen LogP contribution >= 0.6 is 11.6 Å². The van der Waals surface area contributed by atoms with Crippen LogP contribution in [0.4, 0.5) is 11.4 Å². The third kappa shape index (κ3) is 3.20. The van der Waals surface area contributed by atoms with Gasteiger partial charge in [-0.15, -0.1) is 0 Å². The average Bonchev–Trinajstić information content (AvgIpc) is 2.78. The van der Waals surface area contributed by atoms with Crippen LogP contribution in [0.3, 0.4) is 0 Å². The van der Waals surface area contributed by atoms with Gasteiger partial charge in [0.25, 0.3) is 11.6 Å². The van der Waals surface area contributed by atoms with E-state index in [9.17, 15) is 14.9 Å². The third-order valence-electron chi connectivity index (χ3n) is 5.02. The van der Waals surface area contributed by atoms with E-state index in [2.05, 4.69) is 10.6 Å². The smallest absolute Gasteiger partial charge is 0.269 e. The summed E-state index contributed by atoms with van der Waals surface area (Å²) in [6, 6.07) is 11.4. The van der Waals surface area contributed by atoms with Crippen LogP contribution in [0.15, 0.2) is 47.5 Å². The zero-order valence-corrected chi connectivity index (χ0v) is 15.1. The SMILES string of the molecule is O=C1Nc2ccc(Cl)cc2C(c2ccc([N+](=O)[O-])cc2)=NC12CCNCC2. The van der Waals surface area contributed by atoms with Gasteiger partial charge >= 0.3 is 0 Å². The highest BCUT2D eigenvalue weighted by Crippen LogP contribution is 2.34. The van der Waals surface area contributed by atoms with Crippen molar-refractivity contribution in [1.29, 1.82) is 0 Å². The molecule has 0 unspecified atom stereocenters. The molecule has 2 aromatic carbocycles. The van der Waals surface area contributed by atoms with E-state index in [1.165, 1.54) is 12.1 Å². The van der Waals surface area contributed by atoms with E-state index >= 15 is 0 Å². The number of piperidine rings is 1. The summed E-state index contributed by atoms with van der Waals surface area (Å²) in [5.41, 5.74) is 1.80. The minimum atomic E-state index is -0.867. The summed E-state index contributed by atoms with van der Waals surface area (Å²) in [7, 11) is 0. The molecular weight excluding hydrogens is 368 g/mol. The van der Waals surface area contributed by atoms with Gasteiger partial charge in [-0.2, -0.15) is 0 Å². The molecule has 1 spiro atoms. The van der Waals surface area contributed by atoms with E-state index in [0.29, 0.717) is 53.5 Å². The first kappa shape index (κ1) is 17.6.